The zero-order chi connectivity index (χ0) is 20.5. The molecule has 3 aromatic carbocycles. The molecule has 0 N–H and O–H groups in total. The highest BCUT2D eigenvalue weighted by molar-refractivity contribution is 6.22. The average Bonchev–Trinajstić information content (AvgIpc) is 2.95. The summed E-state index contributed by atoms with van der Waals surface area (Å²) in [6.07, 6.45) is 0. The Labute approximate surface area is 168 Å². The van der Waals surface area contributed by atoms with Gasteiger partial charge in [0.15, 0.2) is 0 Å². The Morgan fingerprint density at radius 1 is 0.828 bits per heavy atom. The van der Waals surface area contributed by atoms with Gasteiger partial charge < -0.3 is 4.74 Å². The van der Waals surface area contributed by atoms with Gasteiger partial charge in [0.25, 0.3) is 11.8 Å². The Balaban J connectivity index is 1.48. The van der Waals surface area contributed by atoms with Crippen molar-refractivity contribution in [2.24, 2.45) is 0 Å². The number of amides is 2. The first-order chi connectivity index (χ1) is 13.9. The normalized spacial score (nSPS) is 12.8. The van der Waals surface area contributed by atoms with Crippen LogP contribution in [0, 0.1) is 13.8 Å². The zero-order valence-corrected chi connectivity index (χ0v) is 16.1. The molecule has 144 valence electrons. The SMILES string of the molecule is Cc1cccc(-c2ccc(OC(=O)CN3C(=O)c4ccccc4C3=O)c(C)c2)c1. The lowest BCUT2D eigenvalue weighted by Crippen LogP contribution is -2.36. The van der Waals surface area contributed by atoms with Crippen LogP contribution >= 0.6 is 0 Å². The fourth-order valence-electron chi connectivity index (χ4n) is 3.43. The van der Waals surface area contributed by atoms with Gasteiger partial charge in [-0.3, -0.25) is 14.5 Å². The Morgan fingerprint density at radius 2 is 1.48 bits per heavy atom. The minimum Gasteiger partial charge on any atom is -0.425 e. The predicted octanol–water partition coefficient (Wildman–Crippen LogP) is 4.17. The predicted molar refractivity (Wildman–Crippen MR) is 109 cm³/mol. The van der Waals surface area contributed by atoms with Crippen molar-refractivity contribution in [2.75, 3.05) is 6.54 Å². The Hall–Kier alpha value is -3.73. The third-order valence-electron chi connectivity index (χ3n) is 4.92. The van der Waals surface area contributed by atoms with E-state index in [-0.39, 0.29) is 0 Å². The number of hydrogen-bond donors (Lipinski definition) is 0. The number of hydrogen-bond acceptors (Lipinski definition) is 4. The smallest absolute Gasteiger partial charge is 0.331 e. The Bertz CT molecular complexity index is 1110. The minimum absolute atomic E-state index is 0.309. The van der Waals surface area contributed by atoms with E-state index in [0.717, 1.165) is 27.2 Å². The first-order valence-corrected chi connectivity index (χ1v) is 9.27. The van der Waals surface area contributed by atoms with Crippen LogP contribution < -0.4 is 4.74 Å². The van der Waals surface area contributed by atoms with E-state index in [2.05, 4.69) is 6.07 Å². The lowest BCUT2D eigenvalue weighted by molar-refractivity contribution is -0.134. The van der Waals surface area contributed by atoms with Crippen LogP contribution in [-0.4, -0.2) is 29.2 Å². The first kappa shape index (κ1) is 18.6. The van der Waals surface area contributed by atoms with Crippen LogP contribution in [0.15, 0.2) is 66.7 Å². The van der Waals surface area contributed by atoms with E-state index in [1.807, 2.05) is 44.2 Å². The fraction of sp³-hybridized carbons (Fsp3) is 0.125. The van der Waals surface area contributed by atoms with Gasteiger partial charge >= 0.3 is 5.97 Å². The van der Waals surface area contributed by atoms with Crippen molar-refractivity contribution in [3.63, 3.8) is 0 Å². The number of ether oxygens (including phenoxy) is 1. The number of esters is 1. The molecule has 1 aliphatic rings. The van der Waals surface area contributed by atoms with E-state index in [0.29, 0.717) is 16.9 Å². The van der Waals surface area contributed by atoms with Crippen LogP contribution in [0.2, 0.25) is 0 Å². The quantitative estimate of drug-likeness (QED) is 0.384. The molecule has 0 saturated carbocycles. The van der Waals surface area contributed by atoms with Gasteiger partial charge in [-0.25, -0.2) is 4.79 Å². The molecule has 0 spiro atoms. The summed E-state index contributed by atoms with van der Waals surface area (Å²) in [4.78, 5) is 38.1. The van der Waals surface area contributed by atoms with E-state index in [9.17, 15) is 14.4 Å². The van der Waals surface area contributed by atoms with Gasteiger partial charge in [0.2, 0.25) is 0 Å². The van der Waals surface area contributed by atoms with Crippen LogP contribution in [0.3, 0.4) is 0 Å². The third kappa shape index (κ3) is 3.55. The molecular weight excluding hydrogens is 366 g/mol. The molecular formula is C24H19NO4. The summed E-state index contributed by atoms with van der Waals surface area (Å²) in [5, 5.41) is 0. The Morgan fingerprint density at radius 3 is 2.10 bits per heavy atom. The van der Waals surface area contributed by atoms with Crippen molar-refractivity contribution in [3.05, 3.63) is 89.0 Å². The van der Waals surface area contributed by atoms with Crippen molar-refractivity contribution in [2.45, 2.75) is 13.8 Å². The van der Waals surface area contributed by atoms with E-state index in [4.69, 9.17) is 4.74 Å². The second-order valence-corrected chi connectivity index (χ2v) is 7.07. The van der Waals surface area contributed by atoms with Crippen LogP contribution in [0.25, 0.3) is 11.1 Å². The summed E-state index contributed by atoms with van der Waals surface area (Å²) in [5.74, 6) is -1.21. The zero-order valence-electron chi connectivity index (χ0n) is 16.1. The molecule has 0 unspecified atom stereocenters. The molecule has 0 atom stereocenters. The molecule has 0 fully saturated rings. The monoisotopic (exact) mass is 385 g/mol. The molecule has 3 aromatic rings. The van der Waals surface area contributed by atoms with Crippen LogP contribution in [0.5, 0.6) is 5.75 Å². The maximum Gasteiger partial charge on any atom is 0.331 e. The molecule has 1 heterocycles. The molecule has 0 saturated heterocycles. The number of aryl methyl sites for hydroxylation is 2. The van der Waals surface area contributed by atoms with Gasteiger partial charge in [-0.15, -0.1) is 0 Å². The van der Waals surface area contributed by atoms with Gasteiger partial charge in [-0.2, -0.15) is 0 Å². The summed E-state index contributed by atoms with van der Waals surface area (Å²) in [6.45, 7) is 3.46. The van der Waals surface area contributed by atoms with E-state index < -0.39 is 24.3 Å². The van der Waals surface area contributed by atoms with Crippen molar-refractivity contribution >= 4 is 17.8 Å². The van der Waals surface area contributed by atoms with Gasteiger partial charge in [0.05, 0.1) is 11.1 Å². The molecule has 0 aromatic heterocycles. The highest BCUT2D eigenvalue weighted by atomic mass is 16.5. The number of carbonyl (C=O) groups excluding carboxylic acids is 3. The number of benzene rings is 3. The molecule has 5 heteroatoms. The highest BCUT2D eigenvalue weighted by Crippen LogP contribution is 2.27. The van der Waals surface area contributed by atoms with Gasteiger partial charge in [0.1, 0.15) is 12.3 Å². The second kappa shape index (κ2) is 7.36. The fourth-order valence-corrected chi connectivity index (χ4v) is 3.43. The number of carbonyl (C=O) groups is 3. The van der Waals surface area contributed by atoms with Crippen LogP contribution in [-0.2, 0) is 4.79 Å². The highest BCUT2D eigenvalue weighted by Gasteiger charge is 2.36. The standard InChI is InChI=1S/C24H19NO4/c1-15-6-5-7-17(12-15)18-10-11-21(16(2)13-18)29-22(26)14-25-23(27)19-8-3-4-9-20(19)24(25)28/h3-13H,14H2,1-2H3. The lowest BCUT2D eigenvalue weighted by Gasteiger charge is -2.14. The van der Waals surface area contributed by atoms with Gasteiger partial charge in [-0.05, 0) is 54.8 Å². The van der Waals surface area contributed by atoms with E-state index in [1.165, 1.54) is 0 Å². The molecule has 0 aliphatic carbocycles. The molecule has 0 bridgehead atoms. The molecule has 4 rings (SSSR count). The van der Waals surface area contributed by atoms with Gasteiger partial charge in [-0.1, -0.05) is 48.0 Å². The summed E-state index contributed by atoms with van der Waals surface area (Å²) in [6, 6.07) is 20.2. The molecule has 5 nitrogen and oxygen atoms in total. The van der Waals surface area contributed by atoms with E-state index >= 15 is 0 Å². The van der Waals surface area contributed by atoms with Crippen molar-refractivity contribution in [3.8, 4) is 16.9 Å². The maximum absolute atomic E-state index is 12.4. The van der Waals surface area contributed by atoms with Crippen LogP contribution in [0.1, 0.15) is 31.8 Å². The topological polar surface area (TPSA) is 63.7 Å². The number of nitrogens with zero attached hydrogens (tertiary/aromatic N) is 1. The first-order valence-electron chi connectivity index (χ1n) is 9.27. The third-order valence-corrected chi connectivity index (χ3v) is 4.92. The summed E-state index contributed by atoms with van der Waals surface area (Å²) in [7, 11) is 0. The second-order valence-electron chi connectivity index (χ2n) is 7.07. The number of fused-ring (bicyclic) bond motifs is 1. The van der Waals surface area contributed by atoms with Crippen LogP contribution in [0.4, 0.5) is 0 Å². The summed E-state index contributed by atoms with van der Waals surface area (Å²) < 4.78 is 5.43. The molecule has 1 aliphatic heterocycles. The van der Waals surface area contributed by atoms with Gasteiger partial charge in [0, 0.05) is 0 Å². The summed E-state index contributed by atoms with van der Waals surface area (Å²) in [5.41, 5.74) is 4.67. The van der Waals surface area contributed by atoms with Crippen molar-refractivity contribution < 1.29 is 19.1 Å². The largest absolute Gasteiger partial charge is 0.425 e. The maximum atomic E-state index is 12.4. The number of imide groups is 1. The minimum atomic E-state index is -0.661. The van der Waals surface area contributed by atoms with Crippen molar-refractivity contribution in [1.29, 1.82) is 0 Å². The average molecular weight is 385 g/mol. The molecule has 29 heavy (non-hydrogen) atoms. The van der Waals surface area contributed by atoms with E-state index in [1.54, 1.807) is 30.3 Å². The van der Waals surface area contributed by atoms with Crippen molar-refractivity contribution in [1.82, 2.24) is 4.90 Å². The molecule has 2 amide bonds. The Kier molecular flexibility index (Phi) is 4.72. The molecule has 0 radical (unpaired) electrons. The lowest BCUT2D eigenvalue weighted by atomic mass is 10.0. The number of rotatable bonds is 4. The summed E-state index contributed by atoms with van der Waals surface area (Å²) >= 11 is 0.